The Labute approximate surface area is 120 Å². The van der Waals surface area contributed by atoms with Gasteiger partial charge in [-0.15, -0.1) is 6.42 Å². The molecule has 1 aliphatic rings. The summed E-state index contributed by atoms with van der Waals surface area (Å²) in [5.74, 6) is 1.40. The van der Waals surface area contributed by atoms with Gasteiger partial charge in [-0.2, -0.15) is 0 Å². The lowest BCUT2D eigenvalue weighted by Gasteiger charge is -2.21. The number of aliphatic hydroxyl groups is 2. The van der Waals surface area contributed by atoms with E-state index < -0.39 is 42.4 Å². The van der Waals surface area contributed by atoms with Crippen molar-refractivity contribution >= 4 is 0 Å². The molecule has 3 N–H and O–H groups in total. The van der Waals surface area contributed by atoms with Crippen LogP contribution in [-0.2, 0) is 9.47 Å². The number of nitrogens with one attached hydrogen (secondary N) is 1. The molecule has 0 aromatic carbocycles. The normalized spacial score (nSPS) is 28.6. The molecule has 1 aliphatic heterocycles. The molecular formula is C14H16FNO5. The number of rotatable bonds is 3. The second kappa shape index (κ2) is 5.95. The molecule has 0 bridgehead atoms. The molecule has 4 atom stereocenters. The number of pyridine rings is 1. The Bertz CT molecular complexity index is 635. The van der Waals surface area contributed by atoms with E-state index in [9.17, 15) is 19.4 Å². The van der Waals surface area contributed by atoms with Crippen molar-refractivity contribution in [2.24, 2.45) is 0 Å². The van der Waals surface area contributed by atoms with Crippen LogP contribution in [0.5, 0.6) is 0 Å². The minimum atomic E-state index is -1.14. The summed E-state index contributed by atoms with van der Waals surface area (Å²) in [4.78, 5) is 14.0. The molecule has 114 valence electrons. The number of halogens is 1. The summed E-state index contributed by atoms with van der Waals surface area (Å²) in [6.07, 6.45) is 1.31. The lowest BCUT2D eigenvalue weighted by molar-refractivity contribution is -0.0248. The van der Waals surface area contributed by atoms with Crippen LogP contribution < -0.4 is 5.56 Å². The predicted octanol–water partition coefficient (Wildman–Crippen LogP) is -0.388. The van der Waals surface area contributed by atoms with Crippen LogP contribution in [0.25, 0.3) is 0 Å². The Morgan fingerprint density at radius 3 is 2.76 bits per heavy atom. The standard InChI is InChI=1S/C14H16FNO5/c1-4-7-9(10(15)6(2)14(19)16-7)12-13(20-3)11(18)8(5-17)21-12/h1,8,11-13,17-18H,5H2,2-3H3,(H,16,19)/t8-,11?,12+,13+/m1/s1. The van der Waals surface area contributed by atoms with Crippen LogP contribution in [0.1, 0.15) is 22.9 Å². The molecule has 1 aromatic heterocycles. The van der Waals surface area contributed by atoms with Gasteiger partial charge >= 0.3 is 0 Å². The molecule has 2 heterocycles. The molecule has 2 rings (SSSR count). The van der Waals surface area contributed by atoms with E-state index in [1.54, 1.807) is 0 Å². The SMILES string of the molecule is C#Cc1[nH]c(=O)c(C)c(F)c1[C@@H]1O[C@H](CO)C(O)[C@@H]1OC. The van der Waals surface area contributed by atoms with Crippen LogP contribution in [0.15, 0.2) is 4.79 Å². The minimum absolute atomic E-state index is 0.0588. The Hall–Kier alpha value is -1.72. The highest BCUT2D eigenvalue weighted by Crippen LogP contribution is 2.37. The fourth-order valence-corrected chi connectivity index (χ4v) is 2.45. The van der Waals surface area contributed by atoms with Gasteiger partial charge in [-0.1, -0.05) is 5.92 Å². The second-order valence-electron chi connectivity index (χ2n) is 4.79. The summed E-state index contributed by atoms with van der Waals surface area (Å²) in [6, 6.07) is 0. The molecule has 1 saturated heterocycles. The smallest absolute Gasteiger partial charge is 0.254 e. The van der Waals surface area contributed by atoms with Crippen molar-refractivity contribution in [1.82, 2.24) is 4.98 Å². The lowest BCUT2D eigenvalue weighted by Crippen LogP contribution is -2.34. The zero-order valence-corrected chi connectivity index (χ0v) is 11.6. The largest absolute Gasteiger partial charge is 0.394 e. The van der Waals surface area contributed by atoms with E-state index in [1.165, 1.54) is 14.0 Å². The Kier molecular flexibility index (Phi) is 4.44. The first-order valence-corrected chi connectivity index (χ1v) is 6.32. The molecular weight excluding hydrogens is 281 g/mol. The average molecular weight is 297 g/mol. The number of hydrogen-bond donors (Lipinski definition) is 3. The van der Waals surface area contributed by atoms with Crippen molar-refractivity contribution in [3.05, 3.63) is 33.0 Å². The fraction of sp³-hybridized carbons (Fsp3) is 0.500. The van der Waals surface area contributed by atoms with Crippen molar-refractivity contribution < 1.29 is 24.1 Å². The van der Waals surface area contributed by atoms with Gasteiger partial charge in [0, 0.05) is 7.11 Å². The van der Waals surface area contributed by atoms with Gasteiger partial charge < -0.3 is 24.7 Å². The molecule has 1 fully saturated rings. The summed E-state index contributed by atoms with van der Waals surface area (Å²) in [7, 11) is 1.33. The number of aromatic amines is 1. The molecule has 0 spiro atoms. The van der Waals surface area contributed by atoms with Gasteiger partial charge in [0.1, 0.15) is 35.9 Å². The van der Waals surface area contributed by atoms with Crippen molar-refractivity contribution in [1.29, 1.82) is 0 Å². The summed E-state index contributed by atoms with van der Waals surface area (Å²) in [6.45, 7) is 0.863. The monoisotopic (exact) mass is 297 g/mol. The van der Waals surface area contributed by atoms with Gasteiger partial charge in [-0.25, -0.2) is 4.39 Å². The highest BCUT2D eigenvalue weighted by atomic mass is 19.1. The third-order valence-corrected chi connectivity index (χ3v) is 3.63. The zero-order valence-electron chi connectivity index (χ0n) is 11.6. The number of aromatic nitrogens is 1. The van der Waals surface area contributed by atoms with Crippen molar-refractivity contribution in [2.75, 3.05) is 13.7 Å². The van der Waals surface area contributed by atoms with Crippen molar-refractivity contribution in [3.8, 4) is 12.3 Å². The molecule has 0 radical (unpaired) electrons. The van der Waals surface area contributed by atoms with Crippen molar-refractivity contribution in [2.45, 2.75) is 31.3 Å². The summed E-state index contributed by atoms with van der Waals surface area (Å²) in [5, 5.41) is 19.2. The number of ether oxygens (including phenoxy) is 2. The second-order valence-corrected chi connectivity index (χ2v) is 4.79. The minimum Gasteiger partial charge on any atom is -0.394 e. The van der Waals surface area contributed by atoms with Gasteiger partial charge in [-0.3, -0.25) is 4.79 Å². The van der Waals surface area contributed by atoms with Crippen LogP contribution in [0.4, 0.5) is 4.39 Å². The molecule has 1 aromatic rings. The quantitative estimate of drug-likeness (QED) is 0.661. The van der Waals surface area contributed by atoms with E-state index in [4.69, 9.17) is 15.9 Å². The molecule has 0 amide bonds. The van der Waals surface area contributed by atoms with Crippen LogP contribution >= 0.6 is 0 Å². The molecule has 7 heteroatoms. The van der Waals surface area contributed by atoms with Crippen LogP contribution in [0.2, 0.25) is 0 Å². The maximum Gasteiger partial charge on any atom is 0.254 e. The highest BCUT2D eigenvalue weighted by Gasteiger charge is 2.46. The zero-order chi connectivity index (χ0) is 15.7. The predicted molar refractivity (Wildman–Crippen MR) is 71.2 cm³/mol. The van der Waals surface area contributed by atoms with E-state index >= 15 is 0 Å². The van der Waals surface area contributed by atoms with Gasteiger partial charge in [-0.05, 0) is 6.92 Å². The molecule has 0 saturated carbocycles. The van der Waals surface area contributed by atoms with E-state index in [-0.39, 0.29) is 16.8 Å². The van der Waals surface area contributed by atoms with E-state index in [2.05, 4.69) is 10.9 Å². The van der Waals surface area contributed by atoms with Gasteiger partial charge in [0.2, 0.25) is 0 Å². The number of hydrogen-bond acceptors (Lipinski definition) is 5. The summed E-state index contributed by atoms with van der Waals surface area (Å²) in [5.41, 5.74) is -0.891. The maximum absolute atomic E-state index is 14.4. The lowest BCUT2D eigenvalue weighted by atomic mass is 9.98. The van der Waals surface area contributed by atoms with Crippen molar-refractivity contribution in [3.63, 3.8) is 0 Å². The topological polar surface area (TPSA) is 91.8 Å². The van der Waals surface area contributed by atoms with E-state index in [0.717, 1.165) is 0 Å². The average Bonchev–Trinajstić information content (AvgIpc) is 2.79. The van der Waals surface area contributed by atoms with Crippen LogP contribution in [-0.4, -0.2) is 47.2 Å². The first-order valence-electron chi connectivity index (χ1n) is 6.32. The van der Waals surface area contributed by atoms with Gasteiger partial charge in [0.05, 0.1) is 17.7 Å². The van der Waals surface area contributed by atoms with Gasteiger partial charge in [0.25, 0.3) is 5.56 Å². The van der Waals surface area contributed by atoms with Crippen LogP contribution in [0.3, 0.4) is 0 Å². The van der Waals surface area contributed by atoms with E-state index in [1.807, 2.05) is 0 Å². The number of aliphatic hydroxyl groups excluding tert-OH is 2. The van der Waals surface area contributed by atoms with Gasteiger partial charge in [0.15, 0.2) is 0 Å². The fourth-order valence-electron chi connectivity index (χ4n) is 2.45. The Morgan fingerprint density at radius 1 is 1.57 bits per heavy atom. The maximum atomic E-state index is 14.4. The summed E-state index contributed by atoms with van der Waals surface area (Å²) >= 11 is 0. The van der Waals surface area contributed by atoms with Crippen LogP contribution in [0, 0.1) is 25.1 Å². The molecule has 21 heavy (non-hydrogen) atoms. The molecule has 1 unspecified atom stereocenters. The Balaban J connectivity index is 2.59. The molecule has 6 nitrogen and oxygen atoms in total. The third-order valence-electron chi connectivity index (χ3n) is 3.63. The number of methoxy groups -OCH3 is 1. The van der Waals surface area contributed by atoms with E-state index in [0.29, 0.717) is 0 Å². The summed E-state index contributed by atoms with van der Waals surface area (Å²) < 4.78 is 25.0. The third kappa shape index (κ3) is 2.47. The Morgan fingerprint density at radius 2 is 2.24 bits per heavy atom. The first kappa shape index (κ1) is 15.7. The highest BCUT2D eigenvalue weighted by molar-refractivity contribution is 5.40. The first-order chi connectivity index (χ1) is 9.96. The number of H-pyrrole nitrogens is 1. The molecule has 0 aliphatic carbocycles. The number of terminal acetylenes is 1.